The third kappa shape index (κ3) is 2.86. The fourth-order valence-electron chi connectivity index (χ4n) is 4.01. The number of nitrogens with zero attached hydrogens (tertiary/aromatic N) is 1. The number of benzene rings is 1. The van der Waals surface area contributed by atoms with Crippen LogP contribution in [0.4, 0.5) is 5.69 Å². The molecule has 0 radical (unpaired) electrons. The molecule has 0 amide bonds. The van der Waals surface area contributed by atoms with Gasteiger partial charge < -0.3 is 9.64 Å². The van der Waals surface area contributed by atoms with Gasteiger partial charge in [0, 0.05) is 11.2 Å². The number of hydrogen-bond acceptors (Lipinski definition) is 3. The highest BCUT2D eigenvalue weighted by molar-refractivity contribution is 5.82. The number of carbonyl (C=O) groups excluding carboxylic acids is 1. The predicted molar refractivity (Wildman–Crippen MR) is 91.5 cm³/mol. The maximum atomic E-state index is 12.4. The first-order valence-corrected chi connectivity index (χ1v) is 8.30. The zero-order chi connectivity index (χ0) is 16.5. The van der Waals surface area contributed by atoms with E-state index in [0.717, 1.165) is 19.3 Å². The summed E-state index contributed by atoms with van der Waals surface area (Å²) >= 11 is 0. The summed E-state index contributed by atoms with van der Waals surface area (Å²) in [5.41, 5.74) is 3.76. The van der Waals surface area contributed by atoms with Gasteiger partial charge in [-0.05, 0) is 50.7 Å². The molecule has 122 valence electrons. The van der Waals surface area contributed by atoms with E-state index in [9.17, 15) is 4.79 Å². The summed E-state index contributed by atoms with van der Waals surface area (Å²) in [4.78, 5) is 14.8. The molecule has 1 aromatic rings. The van der Waals surface area contributed by atoms with Gasteiger partial charge in [-0.3, -0.25) is 0 Å². The summed E-state index contributed by atoms with van der Waals surface area (Å²) in [6.45, 7) is 11.0. The molecular weight excluding hydrogens is 274 g/mol. The number of esters is 1. The molecule has 22 heavy (non-hydrogen) atoms. The Morgan fingerprint density at radius 2 is 2.14 bits per heavy atom. The number of ether oxygens (including phenoxy) is 1. The van der Waals surface area contributed by atoms with Crippen molar-refractivity contribution < 1.29 is 9.53 Å². The zero-order valence-electron chi connectivity index (χ0n) is 14.8. The number of fused-ring (bicyclic) bond motifs is 1. The summed E-state index contributed by atoms with van der Waals surface area (Å²) in [5, 5.41) is 0. The number of methoxy groups -OCH3 is 1. The topological polar surface area (TPSA) is 29.5 Å². The van der Waals surface area contributed by atoms with Crippen molar-refractivity contribution in [1.29, 1.82) is 0 Å². The van der Waals surface area contributed by atoms with E-state index in [1.165, 1.54) is 23.9 Å². The lowest BCUT2D eigenvalue weighted by atomic mass is 9.78. The summed E-state index contributed by atoms with van der Waals surface area (Å²) in [6, 6.07) is 6.25. The fraction of sp³-hybridized carbons (Fsp3) is 0.632. The Morgan fingerprint density at radius 3 is 2.73 bits per heavy atom. The van der Waals surface area contributed by atoms with Crippen molar-refractivity contribution in [3.8, 4) is 0 Å². The van der Waals surface area contributed by atoms with Crippen molar-refractivity contribution in [2.24, 2.45) is 0 Å². The first-order valence-electron chi connectivity index (χ1n) is 8.30. The maximum absolute atomic E-state index is 12.4. The minimum absolute atomic E-state index is 0.0629. The van der Waals surface area contributed by atoms with Crippen LogP contribution in [0.15, 0.2) is 18.2 Å². The lowest BCUT2D eigenvalue weighted by Gasteiger charge is -2.51. The molecule has 0 fully saturated rings. The van der Waals surface area contributed by atoms with Crippen molar-refractivity contribution in [3.63, 3.8) is 0 Å². The lowest BCUT2D eigenvalue weighted by molar-refractivity contribution is -0.142. The van der Waals surface area contributed by atoms with Crippen molar-refractivity contribution in [3.05, 3.63) is 29.3 Å². The van der Waals surface area contributed by atoms with E-state index in [1.807, 2.05) is 0 Å². The van der Waals surface area contributed by atoms with Crippen molar-refractivity contribution >= 4 is 11.7 Å². The summed E-state index contributed by atoms with van der Waals surface area (Å²) < 4.78 is 5.11. The van der Waals surface area contributed by atoms with Crippen molar-refractivity contribution in [2.45, 2.75) is 71.4 Å². The van der Waals surface area contributed by atoms with E-state index in [0.29, 0.717) is 5.92 Å². The number of hydrogen-bond donors (Lipinski definition) is 0. The predicted octanol–water partition coefficient (Wildman–Crippen LogP) is 4.43. The molecule has 2 unspecified atom stereocenters. The molecule has 3 nitrogen and oxygen atoms in total. The Bertz CT molecular complexity index is 550. The number of carbonyl (C=O) groups is 1. The van der Waals surface area contributed by atoms with Crippen LogP contribution in [0.25, 0.3) is 0 Å². The van der Waals surface area contributed by atoms with Crippen LogP contribution in [0.3, 0.4) is 0 Å². The van der Waals surface area contributed by atoms with Crippen LogP contribution in [-0.2, 0) is 9.53 Å². The van der Waals surface area contributed by atoms with Gasteiger partial charge in [0.25, 0.3) is 0 Å². The summed E-state index contributed by atoms with van der Waals surface area (Å²) in [6.07, 6.45) is 2.82. The van der Waals surface area contributed by atoms with Gasteiger partial charge in [0.2, 0.25) is 0 Å². The summed E-state index contributed by atoms with van der Waals surface area (Å²) in [5.74, 6) is 0.375. The molecule has 1 aliphatic heterocycles. The van der Waals surface area contributed by atoms with E-state index in [2.05, 4.69) is 57.7 Å². The van der Waals surface area contributed by atoms with Crippen LogP contribution in [0, 0.1) is 6.92 Å². The highest BCUT2D eigenvalue weighted by Gasteiger charge is 2.43. The molecule has 1 heterocycles. The first-order chi connectivity index (χ1) is 10.3. The number of rotatable bonds is 4. The van der Waals surface area contributed by atoms with E-state index >= 15 is 0 Å². The molecule has 2 atom stereocenters. The quantitative estimate of drug-likeness (QED) is 0.771. The molecule has 0 spiro atoms. The summed E-state index contributed by atoms with van der Waals surface area (Å²) in [7, 11) is 1.49. The third-order valence-electron chi connectivity index (χ3n) is 4.85. The van der Waals surface area contributed by atoms with E-state index in [4.69, 9.17) is 4.74 Å². The van der Waals surface area contributed by atoms with Crippen LogP contribution in [0.2, 0.25) is 0 Å². The minimum atomic E-state index is -0.211. The monoisotopic (exact) mass is 303 g/mol. The van der Waals surface area contributed by atoms with Crippen LogP contribution < -0.4 is 4.90 Å². The molecule has 0 N–H and O–H groups in total. The molecule has 0 saturated heterocycles. The second-order valence-corrected chi connectivity index (χ2v) is 7.13. The second-order valence-electron chi connectivity index (χ2n) is 7.13. The van der Waals surface area contributed by atoms with Gasteiger partial charge in [0.1, 0.15) is 6.04 Å². The van der Waals surface area contributed by atoms with Gasteiger partial charge in [-0.1, -0.05) is 38.5 Å². The van der Waals surface area contributed by atoms with Gasteiger partial charge in [0.15, 0.2) is 0 Å². The Balaban J connectivity index is 2.61. The second kappa shape index (κ2) is 6.31. The van der Waals surface area contributed by atoms with Crippen LogP contribution in [0.5, 0.6) is 0 Å². The Labute approximate surface area is 134 Å². The number of para-hydroxylation sites is 1. The van der Waals surface area contributed by atoms with Crippen LogP contribution in [-0.4, -0.2) is 24.7 Å². The highest BCUT2D eigenvalue weighted by atomic mass is 16.5. The first kappa shape index (κ1) is 16.9. The van der Waals surface area contributed by atoms with Gasteiger partial charge in [-0.15, -0.1) is 0 Å². The molecule has 3 heteroatoms. The van der Waals surface area contributed by atoms with Crippen LogP contribution >= 0.6 is 0 Å². The molecule has 2 rings (SSSR count). The Morgan fingerprint density at radius 1 is 1.45 bits per heavy atom. The zero-order valence-corrected chi connectivity index (χ0v) is 14.8. The molecule has 0 aromatic heterocycles. The molecule has 0 bridgehead atoms. The van der Waals surface area contributed by atoms with Gasteiger partial charge in [0.05, 0.1) is 7.11 Å². The molecular formula is C19H29NO2. The molecule has 0 saturated carbocycles. The van der Waals surface area contributed by atoms with E-state index < -0.39 is 0 Å². The SMILES string of the molecule is CCCC(C(=O)OC)N1c2c(C)cccc2C(C)CC1(C)C. The van der Waals surface area contributed by atoms with E-state index in [-0.39, 0.29) is 17.6 Å². The maximum Gasteiger partial charge on any atom is 0.328 e. The van der Waals surface area contributed by atoms with Gasteiger partial charge in [-0.2, -0.15) is 0 Å². The average molecular weight is 303 g/mol. The molecule has 1 aromatic carbocycles. The fourth-order valence-corrected chi connectivity index (χ4v) is 4.01. The largest absolute Gasteiger partial charge is 0.467 e. The molecule has 0 aliphatic carbocycles. The van der Waals surface area contributed by atoms with Gasteiger partial charge in [-0.25, -0.2) is 4.79 Å². The lowest BCUT2D eigenvalue weighted by Crippen LogP contribution is -2.56. The standard InChI is InChI=1S/C19H29NO2/c1-7-9-16(18(21)22-6)20-17-13(2)10-8-11-15(17)14(3)12-19(20,4)5/h8,10-11,14,16H,7,9,12H2,1-6H3. The third-order valence-corrected chi connectivity index (χ3v) is 4.85. The number of anilines is 1. The van der Waals surface area contributed by atoms with Crippen molar-refractivity contribution in [2.75, 3.05) is 12.0 Å². The number of aryl methyl sites for hydroxylation is 1. The minimum Gasteiger partial charge on any atom is -0.467 e. The average Bonchev–Trinajstić information content (AvgIpc) is 2.45. The Hall–Kier alpha value is -1.51. The Kier molecular flexibility index (Phi) is 4.84. The normalized spacial score (nSPS) is 21.2. The van der Waals surface area contributed by atoms with E-state index in [1.54, 1.807) is 0 Å². The van der Waals surface area contributed by atoms with Crippen molar-refractivity contribution in [1.82, 2.24) is 0 Å². The smallest absolute Gasteiger partial charge is 0.328 e. The van der Waals surface area contributed by atoms with Gasteiger partial charge >= 0.3 is 5.97 Å². The van der Waals surface area contributed by atoms with Crippen LogP contribution in [0.1, 0.15) is 64.0 Å². The molecule has 1 aliphatic rings. The highest BCUT2D eigenvalue weighted by Crippen LogP contribution is 2.46.